The summed E-state index contributed by atoms with van der Waals surface area (Å²) < 4.78 is 0. The summed E-state index contributed by atoms with van der Waals surface area (Å²) in [4.78, 5) is 13.8. The second-order valence-corrected chi connectivity index (χ2v) is 7.21. The fourth-order valence-corrected chi connectivity index (χ4v) is 3.73. The van der Waals surface area contributed by atoms with Crippen LogP contribution in [0.5, 0.6) is 0 Å². The van der Waals surface area contributed by atoms with Crippen molar-refractivity contribution < 1.29 is 9.90 Å². The summed E-state index contributed by atoms with van der Waals surface area (Å²) in [7, 11) is 0. The van der Waals surface area contributed by atoms with E-state index in [2.05, 4.69) is 25.7 Å². The zero-order valence-corrected chi connectivity index (χ0v) is 12.7. The van der Waals surface area contributed by atoms with Crippen LogP contribution in [0.2, 0.25) is 0 Å². The van der Waals surface area contributed by atoms with Crippen molar-refractivity contribution in [3.8, 4) is 0 Å². The van der Waals surface area contributed by atoms with Gasteiger partial charge in [-0.15, -0.1) is 0 Å². The van der Waals surface area contributed by atoms with Crippen LogP contribution in [0.1, 0.15) is 65.7 Å². The van der Waals surface area contributed by atoms with Crippen LogP contribution in [0.25, 0.3) is 0 Å². The Morgan fingerprint density at radius 1 is 1.32 bits per heavy atom. The Bertz CT molecular complexity index is 327. The van der Waals surface area contributed by atoms with Crippen molar-refractivity contribution >= 4 is 5.97 Å². The van der Waals surface area contributed by atoms with E-state index in [0.717, 1.165) is 25.8 Å². The molecular weight excluding hydrogens is 238 g/mol. The van der Waals surface area contributed by atoms with Crippen molar-refractivity contribution in [1.82, 2.24) is 4.90 Å². The highest BCUT2D eigenvalue weighted by molar-refractivity contribution is 5.74. The maximum atomic E-state index is 11.5. The van der Waals surface area contributed by atoms with Crippen molar-refractivity contribution in [2.45, 2.75) is 77.8 Å². The molecule has 0 aromatic carbocycles. The van der Waals surface area contributed by atoms with Gasteiger partial charge in [0.05, 0.1) is 0 Å². The predicted molar refractivity (Wildman–Crippen MR) is 77.2 cm³/mol. The first-order chi connectivity index (χ1) is 8.94. The van der Waals surface area contributed by atoms with E-state index in [1.807, 2.05) is 0 Å². The van der Waals surface area contributed by atoms with Gasteiger partial charge in [0.1, 0.15) is 6.04 Å². The number of aliphatic carboxylic acids is 1. The standard InChI is InChI=1S/C16H29NO2/c1-4-16(2,3)9-10-17-13-8-6-5-7-12(13)11-14(17)15(18)19/h12-14H,4-11H2,1-3H3,(H,18,19). The third-order valence-electron chi connectivity index (χ3n) is 5.51. The quantitative estimate of drug-likeness (QED) is 0.828. The Hall–Kier alpha value is -0.570. The first-order valence-electron chi connectivity index (χ1n) is 7.93. The van der Waals surface area contributed by atoms with E-state index in [4.69, 9.17) is 0 Å². The third-order valence-corrected chi connectivity index (χ3v) is 5.51. The minimum atomic E-state index is -0.608. The summed E-state index contributed by atoms with van der Waals surface area (Å²) in [5.41, 5.74) is 0.329. The summed E-state index contributed by atoms with van der Waals surface area (Å²) in [6.45, 7) is 7.76. The molecule has 1 saturated carbocycles. The van der Waals surface area contributed by atoms with Crippen molar-refractivity contribution in [2.24, 2.45) is 11.3 Å². The predicted octanol–water partition coefficient (Wildman–Crippen LogP) is 3.53. The van der Waals surface area contributed by atoms with Gasteiger partial charge < -0.3 is 5.11 Å². The number of fused-ring (bicyclic) bond motifs is 1. The van der Waals surface area contributed by atoms with Crippen LogP contribution in [0.4, 0.5) is 0 Å². The smallest absolute Gasteiger partial charge is 0.320 e. The minimum Gasteiger partial charge on any atom is -0.480 e. The van der Waals surface area contributed by atoms with Crippen LogP contribution in [0.3, 0.4) is 0 Å². The highest BCUT2D eigenvalue weighted by Crippen LogP contribution is 2.40. The van der Waals surface area contributed by atoms with Gasteiger partial charge in [-0.25, -0.2) is 0 Å². The Kier molecular flexibility index (Phi) is 4.54. The van der Waals surface area contributed by atoms with Gasteiger partial charge in [0.25, 0.3) is 0 Å². The minimum absolute atomic E-state index is 0.222. The first kappa shape index (κ1) is 14.8. The molecule has 2 aliphatic rings. The number of carbonyl (C=O) groups is 1. The zero-order chi connectivity index (χ0) is 14.0. The average Bonchev–Trinajstić information content (AvgIpc) is 2.75. The summed E-state index contributed by atoms with van der Waals surface area (Å²) >= 11 is 0. The third kappa shape index (κ3) is 3.31. The summed E-state index contributed by atoms with van der Waals surface area (Å²) in [5, 5.41) is 9.48. The molecule has 0 radical (unpaired) electrons. The number of hydrogen-bond acceptors (Lipinski definition) is 2. The van der Waals surface area contributed by atoms with Crippen LogP contribution in [0, 0.1) is 11.3 Å². The average molecular weight is 267 g/mol. The van der Waals surface area contributed by atoms with Gasteiger partial charge in [0.15, 0.2) is 0 Å². The molecule has 2 fully saturated rings. The van der Waals surface area contributed by atoms with Crippen molar-refractivity contribution in [2.75, 3.05) is 6.54 Å². The van der Waals surface area contributed by atoms with Gasteiger partial charge in [-0.1, -0.05) is 40.0 Å². The molecule has 0 aromatic rings. The Labute approximate surface area is 117 Å². The largest absolute Gasteiger partial charge is 0.480 e. The highest BCUT2D eigenvalue weighted by Gasteiger charge is 2.45. The molecule has 0 amide bonds. The number of likely N-dealkylation sites (tertiary alicyclic amines) is 1. The maximum absolute atomic E-state index is 11.5. The lowest BCUT2D eigenvalue weighted by Crippen LogP contribution is -2.43. The Morgan fingerprint density at radius 3 is 2.63 bits per heavy atom. The lowest BCUT2D eigenvalue weighted by atomic mass is 9.84. The molecule has 1 N–H and O–H groups in total. The molecule has 2 rings (SSSR count). The van der Waals surface area contributed by atoms with E-state index in [0.29, 0.717) is 17.4 Å². The van der Waals surface area contributed by atoms with Crippen molar-refractivity contribution in [3.63, 3.8) is 0 Å². The van der Waals surface area contributed by atoms with Gasteiger partial charge in [-0.05, 0) is 43.6 Å². The van der Waals surface area contributed by atoms with Crippen molar-refractivity contribution in [3.05, 3.63) is 0 Å². The number of rotatable bonds is 5. The number of carboxylic acids is 1. The highest BCUT2D eigenvalue weighted by atomic mass is 16.4. The van der Waals surface area contributed by atoms with E-state index < -0.39 is 5.97 Å². The molecule has 0 aromatic heterocycles. The van der Waals surface area contributed by atoms with E-state index in [-0.39, 0.29) is 6.04 Å². The molecule has 3 unspecified atom stereocenters. The second kappa shape index (κ2) is 5.82. The van der Waals surface area contributed by atoms with Crippen LogP contribution < -0.4 is 0 Å². The molecule has 110 valence electrons. The van der Waals surface area contributed by atoms with Crippen LogP contribution >= 0.6 is 0 Å². The number of hydrogen-bond donors (Lipinski definition) is 1. The summed E-state index contributed by atoms with van der Waals surface area (Å²) in [6, 6.07) is 0.322. The molecule has 0 spiro atoms. The van der Waals surface area contributed by atoms with E-state index in [1.165, 1.54) is 25.7 Å². The lowest BCUT2D eigenvalue weighted by Gasteiger charge is -2.35. The van der Waals surface area contributed by atoms with Gasteiger partial charge in [0.2, 0.25) is 0 Å². The van der Waals surface area contributed by atoms with E-state index in [9.17, 15) is 9.90 Å². The summed E-state index contributed by atoms with van der Waals surface area (Å²) in [5.74, 6) is 0.0308. The zero-order valence-electron chi connectivity index (χ0n) is 12.7. The molecule has 0 bridgehead atoms. The maximum Gasteiger partial charge on any atom is 0.320 e. The van der Waals surface area contributed by atoms with Crippen LogP contribution in [-0.4, -0.2) is 34.6 Å². The van der Waals surface area contributed by atoms with E-state index in [1.54, 1.807) is 0 Å². The van der Waals surface area contributed by atoms with Gasteiger partial charge >= 0.3 is 5.97 Å². The molecule has 3 heteroatoms. The molecule has 1 aliphatic heterocycles. The van der Waals surface area contributed by atoms with Gasteiger partial charge in [0, 0.05) is 6.04 Å². The fraction of sp³-hybridized carbons (Fsp3) is 0.938. The molecule has 1 heterocycles. The fourth-order valence-electron chi connectivity index (χ4n) is 3.73. The molecule has 1 saturated heterocycles. The molecule has 3 atom stereocenters. The molecule has 19 heavy (non-hydrogen) atoms. The molecular formula is C16H29NO2. The molecule has 1 aliphatic carbocycles. The van der Waals surface area contributed by atoms with Crippen LogP contribution in [-0.2, 0) is 4.79 Å². The Balaban J connectivity index is 2.03. The normalized spacial score (nSPS) is 32.3. The molecule has 3 nitrogen and oxygen atoms in total. The number of nitrogens with zero attached hydrogens (tertiary/aromatic N) is 1. The topological polar surface area (TPSA) is 40.5 Å². The lowest BCUT2D eigenvalue weighted by molar-refractivity contribution is -0.142. The van der Waals surface area contributed by atoms with Gasteiger partial charge in [-0.3, -0.25) is 9.69 Å². The second-order valence-electron chi connectivity index (χ2n) is 7.21. The first-order valence-corrected chi connectivity index (χ1v) is 7.93. The van der Waals surface area contributed by atoms with E-state index >= 15 is 0 Å². The summed E-state index contributed by atoms with van der Waals surface area (Å²) in [6.07, 6.45) is 8.17. The monoisotopic (exact) mass is 267 g/mol. The number of carboxylic acid groups (broad SMARTS) is 1. The SMILES string of the molecule is CCC(C)(C)CCN1C(C(=O)O)CC2CCCCC21. The van der Waals surface area contributed by atoms with Crippen LogP contribution in [0.15, 0.2) is 0 Å². The van der Waals surface area contributed by atoms with Crippen molar-refractivity contribution in [1.29, 1.82) is 0 Å². The Morgan fingerprint density at radius 2 is 2.00 bits per heavy atom. The van der Waals surface area contributed by atoms with Gasteiger partial charge in [-0.2, -0.15) is 0 Å².